The van der Waals surface area contributed by atoms with Gasteiger partial charge in [0.2, 0.25) is 0 Å². The number of morpholine rings is 1. The van der Waals surface area contributed by atoms with Crippen LogP contribution in [-0.2, 0) is 9.53 Å². The average molecular weight is 334 g/mol. The molecule has 2 heterocycles. The number of benzene rings is 1. The van der Waals surface area contributed by atoms with E-state index in [1.807, 2.05) is 17.0 Å². The number of rotatable bonds is 3. The first kappa shape index (κ1) is 17.0. The molecule has 2 aliphatic heterocycles. The van der Waals surface area contributed by atoms with Crippen LogP contribution in [0.15, 0.2) is 24.3 Å². The highest BCUT2D eigenvalue weighted by Crippen LogP contribution is 2.19. The van der Waals surface area contributed by atoms with Crippen molar-refractivity contribution in [2.75, 3.05) is 50.7 Å². The Bertz CT molecular complexity index is 545. The third kappa shape index (κ3) is 4.19. The number of ether oxygens (including phenoxy) is 1. The van der Waals surface area contributed by atoms with Gasteiger partial charge in [0.05, 0.1) is 0 Å². The molecule has 1 aromatic carbocycles. The van der Waals surface area contributed by atoms with E-state index >= 15 is 0 Å². The predicted octanol–water partition coefficient (Wildman–Crippen LogP) is -0.267. The normalized spacial score (nSPS) is 28.0. The zero-order valence-corrected chi connectivity index (χ0v) is 14.6. The molecule has 2 saturated heterocycles. The Morgan fingerprint density at radius 2 is 1.71 bits per heavy atom. The van der Waals surface area contributed by atoms with Crippen molar-refractivity contribution in [3.8, 4) is 5.75 Å². The predicted molar refractivity (Wildman–Crippen MR) is 92.5 cm³/mol. The zero-order valence-electron chi connectivity index (χ0n) is 14.6. The van der Waals surface area contributed by atoms with E-state index in [-0.39, 0.29) is 23.9 Å². The molecule has 24 heavy (non-hydrogen) atoms. The van der Waals surface area contributed by atoms with Gasteiger partial charge in [-0.15, -0.1) is 0 Å². The topological polar surface area (TPSA) is 57.5 Å². The Kier molecular flexibility index (Phi) is 5.26. The fraction of sp³-hybridized carbons (Fsp3) is 0.611. The second kappa shape index (κ2) is 7.40. The highest BCUT2D eigenvalue weighted by molar-refractivity contribution is 5.77. The Morgan fingerprint density at radius 1 is 1.12 bits per heavy atom. The lowest BCUT2D eigenvalue weighted by Gasteiger charge is -2.37. The molecule has 0 radical (unpaired) electrons. The Hall–Kier alpha value is -1.79. The van der Waals surface area contributed by atoms with Gasteiger partial charge in [-0.05, 0) is 38.1 Å². The molecule has 0 bridgehead atoms. The number of aromatic hydroxyl groups is 1. The number of carbonyl (C=O) groups is 1. The number of nitrogens with one attached hydrogen (secondary N) is 1. The van der Waals surface area contributed by atoms with Crippen LogP contribution in [-0.4, -0.2) is 73.9 Å². The average Bonchev–Trinajstić information content (AvgIpc) is 2.55. The van der Waals surface area contributed by atoms with Crippen LogP contribution in [0.5, 0.6) is 5.75 Å². The van der Waals surface area contributed by atoms with Gasteiger partial charge in [0.1, 0.15) is 31.0 Å². The van der Waals surface area contributed by atoms with Gasteiger partial charge in [-0.2, -0.15) is 0 Å². The van der Waals surface area contributed by atoms with Crippen molar-refractivity contribution < 1.29 is 19.5 Å². The number of anilines is 1. The summed E-state index contributed by atoms with van der Waals surface area (Å²) < 4.78 is 5.74. The number of amides is 1. The van der Waals surface area contributed by atoms with Crippen LogP contribution in [0.4, 0.5) is 5.69 Å². The van der Waals surface area contributed by atoms with Gasteiger partial charge in [0.25, 0.3) is 5.91 Å². The Balaban J connectivity index is 1.49. The first-order chi connectivity index (χ1) is 11.5. The molecule has 1 aromatic rings. The first-order valence-corrected chi connectivity index (χ1v) is 8.82. The van der Waals surface area contributed by atoms with Crippen LogP contribution in [0.3, 0.4) is 0 Å². The fourth-order valence-electron chi connectivity index (χ4n) is 3.74. The summed E-state index contributed by atoms with van der Waals surface area (Å²) in [6.07, 6.45) is 0.450. The van der Waals surface area contributed by atoms with E-state index < -0.39 is 0 Å². The van der Waals surface area contributed by atoms with Gasteiger partial charge in [-0.3, -0.25) is 4.79 Å². The Morgan fingerprint density at radius 3 is 2.29 bits per heavy atom. The van der Waals surface area contributed by atoms with Gasteiger partial charge >= 0.3 is 0 Å². The summed E-state index contributed by atoms with van der Waals surface area (Å²) in [6, 6.07) is 7.26. The minimum Gasteiger partial charge on any atom is -0.508 e. The minimum absolute atomic E-state index is 0.225. The number of piperazine rings is 1. The molecule has 132 valence electrons. The summed E-state index contributed by atoms with van der Waals surface area (Å²) >= 11 is 0. The summed E-state index contributed by atoms with van der Waals surface area (Å²) in [7, 11) is 0. The third-order valence-corrected chi connectivity index (χ3v) is 4.87. The number of phenolic OH excluding ortho intramolecular Hbond substituents is 1. The summed E-state index contributed by atoms with van der Waals surface area (Å²) in [4.78, 5) is 18.1. The maximum atomic E-state index is 12.6. The van der Waals surface area contributed by atoms with Crippen molar-refractivity contribution in [2.45, 2.75) is 26.1 Å². The third-order valence-electron chi connectivity index (χ3n) is 4.87. The molecule has 2 aliphatic rings. The van der Waals surface area contributed by atoms with Crippen molar-refractivity contribution in [1.29, 1.82) is 0 Å². The molecular weight excluding hydrogens is 306 g/mol. The van der Waals surface area contributed by atoms with Gasteiger partial charge in [-0.1, -0.05) is 0 Å². The smallest absolute Gasteiger partial charge is 0.277 e. The van der Waals surface area contributed by atoms with Crippen LogP contribution in [0.25, 0.3) is 0 Å². The maximum absolute atomic E-state index is 12.6. The summed E-state index contributed by atoms with van der Waals surface area (Å²) in [5, 5.41) is 9.38. The fourth-order valence-corrected chi connectivity index (χ4v) is 3.74. The van der Waals surface area contributed by atoms with Crippen LogP contribution in [0, 0.1) is 0 Å². The standard InChI is InChI=1S/C18H27N3O3/c1-14-11-19(12-15(2)24-14)13-18(23)21-9-7-20(8-10-21)16-3-5-17(22)6-4-16/h3-6,14-15,22H,7-13H2,1-2H3/p+1/t14-,15-/m1/s1. The quantitative estimate of drug-likeness (QED) is 0.799. The molecular formula is C18H28N3O3+. The van der Waals surface area contributed by atoms with Crippen LogP contribution in [0.2, 0.25) is 0 Å². The van der Waals surface area contributed by atoms with E-state index in [4.69, 9.17) is 4.74 Å². The number of quaternary nitrogens is 1. The highest BCUT2D eigenvalue weighted by atomic mass is 16.5. The lowest BCUT2D eigenvalue weighted by Crippen LogP contribution is -3.16. The zero-order chi connectivity index (χ0) is 17.1. The van der Waals surface area contributed by atoms with Crippen molar-refractivity contribution in [2.24, 2.45) is 0 Å². The van der Waals surface area contributed by atoms with Crippen LogP contribution < -0.4 is 9.80 Å². The monoisotopic (exact) mass is 334 g/mol. The number of hydrogen-bond acceptors (Lipinski definition) is 4. The van der Waals surface area contributed by atoms with Crippen LogP contribution in [0.1, 0.15) is 13.8 Å². The Labute approximate surface area is 143 Å². The molecule has 0 aromatic heterocycles. The van der Waals surface area contributed by atoms with Gasteiger partial charge < -0.3 is 24.5 Å². The highest BCUT2D eigenvalue weighted by Gasteiger charge is 2.30. The van der Waals surface area contributed by atoms with Crippen molar-refractivity contribution in [3.05, 3.63) is 24.3 Å². The van der Waals surface area contributed by atoms with E-state index in [1.165, 1.54) is 4.90 Å². The maximum Gasteiger partial charge on any atom is 0.277 e. The van der Waals surface area contributed by atoms with E-state index in [0.29, 0.717) is 6.54 Å². The van der Waals surface area contributed by atoms with E-state index in [2.05, 4.69) is 18.7 Å². The summed E-state index contributed by atoms with van der Waals surface area (Å²) in [6.45, 7) is 9.73. The molecule has 2 N–H and O–H groups in total. The molecule has 0 aliphatic carbocycles. The lowest BCUT2D eigenvalue weighted by atomic mass is 10.2. The lowest BCUT2D eigenvalue weighted by molar-refractivity contribution is -0.907. The number of hydrogen-bond donors (Lipinski definition) is 2. The molecule has 6 nitrogen and oxygen atoms in total. The number of carbonyl (C=O) groups excluding carboxylic acids is 1. The SMILES string of the molecule is C[C@@H]1C[NH+](CC(=O)N2CCN(c3ccc(O)cc3)CC2)C[C@@H](C)O1. The molecule has 2 fully saturated rings. The molecule has 2 atom stereocenters. The molecule has 0 unspecified atom stereocenters. The van der Waals surface area contributed by atoms with Crippen molar-refractivity contribution in [3.63, 3.8) is 0 Å². The van der Waals surface area contributed by atoms with Crippen molar-refractivity contribution in [1.82, 2.24) is 4.90 Å². The molecule has 6 heteroatoms. The number of phenols is 1. The second-order valence-electron chi connectivity index (χ2n) is 6.98. The van der Waals surface area contributed by atoms with Gasteiger partial charge in [-0.25, -0.2) is 0 Å². The number of nitrogens with zero attached hydrogens (tertiary/aromatic N) is 2. The molecule has 0 saturated carbocycles. The molecule has 0 spiro atoms. The molecule has 1 amide bonds. The largest absolute Gasteiger partial charge is 0.508 e. The van der Waals surface area contributed by atoms with E-state index in [0.717, 1.165) is 45.0 Å². The van der Waals surface area contributed by atoms with Crippen LogP contribution >= 0.6 is 0 Å². The second-order valence-corrected chi connectivity index (χ2v) is 6.98. The van der Waals surface area contributed by atoms with E-state index in [1.54, 1.807) is 12.1 Å². The van der Waals surface area contributed by atoms with Gasteiger partial charge in [0, 0.05) is 31.9 Å². The van der Waals surface area contributed by atoms with E-state index in [9.17, 15) is 9.90 Å². The summed E-state index contributed by atoms with van der Waals surface area (Å²) in [5.41, 5.74) is 1.10. The minimum atomic E-state index is 0.225. The van der Waals surface area contributed by atoms with Crippen molar-refractivity contribution >= 4 is 11.6 Å². The summed E-state index contributed by atoms with van der Waals surface area (Å²) in [5.74, 6) is 0.529. The van der Waals surface area contributed by atoms with Gasteiger partial charge in [0.15, 0.2) is 6.54 Å². The first-order valence-electron chi connectivity index (χ1n) is 8.82. The molecule has 3 rings (SSSR count).